The summed E-state index contributed by atoms with van der Waals surface area (Å²) in [4.78, 5) is 18.0. The number of hydrogen-bond donors (Lipinski definition) is 0. The van der Waals surface area contributed by atoms with Crippen molar-refractivity contribution in [2.24, 2.45) is 0 Å². The summed E-state index contributed by atoms with van der Waals surface area (Å²) in [7, 11) is 0. The monoisotopic (exact) mass is 352 g/mol. The fourth-order valence-corrected chi connectivity index (χ4v) is 4.44. The predicted molar refractivity (Wildman–Crippen MR) is 99.9 cm³/mol. The van der Waals surface area contributed by atoms with Gasteiger partial charge in [-0.25, -0.2) is 4.68 Å². The summed E-state index contributed by atoms with van der Waals surface area (Å²) in [5.41, 5.74) is 2.72. The number of carbonyl (C=O) groups is 1. The molecule has 0 atom stereocenters. The van der Waals surface area contributed by atoms with Crippen LogP contribution < -0.4 is 0 Å². The van der Waals surface area contributed by atoms with E-state index < -0.39 is 0 Å². The highest BCUT2D eigenvalue weighted by Gasteiger charge is 2.34. The van der Waals surface area contributed by atoms with Crippen LogP contribution in [-0.4, -0.2) is 70.9 Å². The quantitative estimate of drug-likeness (QED) is 0.832. The minimum absolute atomic E-state index is 0.0846. The van der Waals surface area contributed by atoms with Crippen LogP contribution >= 0.6 is 0 Å². The average molecular weight is 352 g/mol. The van der Waals surface area contributed by atoms with Gasteiger partial charge in [-0.1, -0.05) is 18.2 Å². The Morgan fingerprint density at radius 2 is 1.96 bits per heavy atom. The number of nitrogens with zero attached hydrogens (tertiary/aromatic N) is 4. The molecule has 3 saturated heterocycles. The van der Waals surface area contributed by atoms with Crippen LogP contribution in [0.2, 0.25) is 0 Å². The number of aromatic nitrogens is 2. The summed E-state index contributed by atoms with van der Waals surface area (Å²) in [5.74, 6) is 0.0846. The van der Waals surface area contributed by atoms with Gasteiger partial charge in [0.2, 0.25) is 0 Å². The average Bonchev–Trinajstić information content (AvgIpc) is 2.83. The summed E-state index contributed by atoms with van der Waals surface area (Å²) in [6.45, 7) is 5.31. The van der Waals surface area contributed by atoms with Gasteiger partial charge in [-0.2, -0.15) is 5.10 Å². The Labute approximate surface area is 153 Å². The van der Waals surface area contributed by atoms with Gasteiger partial charge in [0.05, 0.1) is 18.7 Å². The van der Waals surface area contributed by atoms with Crippen molar-refractivity contribution in [1.82, 2.24) is 19.6 Å². The number of para-hydroxylation sites is 1. The van der Waals surface area contributed by atoms with Gasteiger partial charge in [-0.15, -0.1) is 0 Å². The molecule has 6 nitrogen and oxygen atoms in total. The zero-order valence-electron chi connectivity index (χ0n) is 14.9. The molecule has 2 aromatic rings. The lowest BCUT2D eigenvalue weighted by Crippen LogP contribution is -2.41. The van der Waals surface area contributed by atoms with Gasteiger partial charge in [-0.3, -0.25) is 4.79 Å². The van der Waals surface area contributed by atoms with Crippen LogP contribution in [0.4, 0.5) is 0 Å². The summed E-state index contributed by atoms with van der Waals surface area (Å²) in [6.07, 6.45) is 5.04. The van der Waals surface area contributed by atoms with Gasteiger partial charge in [0.25, 0.3) is 5.91 Å². The lowest BCUT2D eigenvalue weighted by Gasteiger charge is -2.31. The number of rotatable bonds is 2. The molecule has 0 N–H and O–H groups in total. The smallest absolute Gasteiger partial charge is 0.275 e. The highest BCUT2D eigenvalue weighted by molar-refractivity contribution is 6.05. The fraction of sp³-hybridized carbons (Fsp3) is 0.500. The Kier molecular flexibility index (Phi) is 4.02. The van der Waals surface area contributed by atoms with Gasteiger partial charge in [-0.05, 0) is 25.0 Å². The maximum Gasteiger partial charge on any atom is 0.275 e. The normalized spacial score (nSPS) is 26.0. The Morgan fingerprint density at radius 3 is 2.77 bits per heavy atom. The molecule has 4 aliphatic heterocycles. The van der Waals surface area contributed by atoms with E-state index in [1.807, 2.05) is 22.9 Å². The largest absolute Gasteiger partial charge is 0.377 e. The third kappa shape index (κ3) is 2.64. The summed E-state index contributed by atoms with van der Waals surface area (Å²) in [6, 6.07) is 8.42. The van der Waals surface area contributed by atoms with Gasteiger partial charge in [0.1, 0.15) is 0 Å². The van der Waals surface area contributed by atoms with E-state index in [4.69, 9.17) is 9.84 Å². The summed E-state index contributed by atoms with van der Waals surface area (Å²) >= 11 is 0. The number of amides is 1. The molecule has 5 heterocycles. The number of hydrogen-bond acceptors (Lipinski definition) is 4. The van der Waals surface area contributed by atoms with E-state index in [1.54, 1.807) is 0 Å². The molecule has 6 rings (SSSR count). The zero-order valence-corrected chi connectivity index (χ0v) is 14.9. The van der Waals surface area contributed by atoms with Crippen LogP contribution in [0.3, 0.4) is 0 Å². The van der Waals surface area contributed by atoms with Gasteiger partial charge < -0.3 is 14.5 Å². The molecule has 4 aliphatic rings. The van der Waals surface area contributed by atoms with Gasteiger partial charge in [0.15, 0.2) is 5.69 Å². The number of carbonyl (C=O) groups excluding carboxylic acids is 1. The van der Waals surface area contributed by atoms with Crippen LogP contribution in [0.5, 0.6) is 0 Å². The maximum atomic E-state index is 13.4. The molecule has 0 aliphatic carbocycles. The minimum atomic E-state index is 0.0846. The molecule has 26 heavy (non-hydrogen) atoms. The molecule has 0 radical (unpaired) electrons. The molecule has 1 aromatic heterocycles. The molecule has 0 saturated carbocycles. The van der Waals surface area contributed by atoms with E-state index in [1.165, 1.54) is 0 Å². The third-order valence-corrected chi connectivity index (χ3v) is 5.92. The van der Waals surface area contributed by atoms with E-state index >= 15 is 0 Å². The van der Waals surface area contributed by atoms with Crippen molar-refractivity contribution in [3.05, 3.63) is 36.0 Å². The molecule has 1 aromatic carbocycles. The fourth-order valence-electron chi connectivity index (χ4n) is 4.44. The molecule has 0 spiro atoms. The number of fused-ring (bicyclic) bond motifs is 5. The van der Waals surface area contributed by atoms with Crippen molar-refractivity contribution in [3.8, 4) is 0 Å². The van der Waals surface area contributed by atoms with E-state index in [2.05, 4.69) is 21.9 Å². The summed E-state index contributed by atoms with van der Waals surface area (Å²) < 4.78 is 7.38. The molecule has 3 fully saturated rings. The molecular weight excluding hydrogens is 328 g/mol. The van der Waals surface area contributed by atoms with Gasteiger partial charge in [0, 0.05) is 49.7 Å². The van der Waals surface area contributed by atoms with Crippen molar-refractivity contribution in [3.63, 3.8) is 0 Å². The van der Waals surface area contributed by atoms with Crippen LogP contribution in [0.25, 0.3) is 16.6 Å². The van der Waals surface area contributed by atoms with Crippen LogP contribution in [0, 0.1) is 0 Å². The first-order valence-electron chi connectivity index (χ1n) is 9.59. The first-order valence-corrected chi connectivity index (χ1v) is 9.59. The molecule has 6 heteroatoms. The standard InChI is InChI=1S/C20H24N4O2/c25-20(23-12-11-22-9-5-15(23)6-10-22)19-17-3-1-2-4-18(17)24(21-19)16-7-13-26-14-8-16/h1-4,7,15H,5-6,8-14H2. The molecule has 2 bridgehead atoms. The van der Waals surface area contributed by atoms with Gasteiger partial charge >= 0.3 is 0 Å². The maximum absolute atomic E-state index is 13.4. The van der Waals surface area contributed by atoms with Crippen molar-refractivity contribution in [2.75, 3.05) is 39.4 Å². The second-order valence-electron chi connectivity index (χ2n) is 7.37. The lowest BCUT2D eigenvalue weighted by molar-refractivity contribution is 0.0680. The minimum Gasteiger partial charge on any atom is -0.377 e. The van der Waals surface area contributed by atoms with E-state index in [0.717, 1.165) is 62.0 Å². The Hall–Kier alpha value is -2.18. The van der Waals surface area contributed by atoms with Crippen LogP contribution in [-0.2, 0) is 4.74 Å². The SMILES string of the molecule is O=C(c1nn(C2=CCOCC2)c2ccccc12)N1CCN2CCC1CC2. The van der Waals surface area contributed by atoms with Crippen molar-refractivity contribution >= 4 is 22.5 Å². The first kappa shape index (κ1) is 16.0. The second-order valence-corrected chi connectivity index (χ2v) is 7.37. The third-order valence-electron chi connectivity index (χ3n) is 5.92. The Balaban J connectivity index is 1.56. The van der Waals surface area contributed by atoms with Crippen molar-refractivity contribution in [1.29, 1.82) is 0 Å². The van der Waals surface area contributed by atoms with Crippen LogP contribution in [0.15, 0.2) is 30.3 Å². The highest BCUT2D eigenvalue weighted by atomic mass is 16.5. The van der Waals surface area contributed by atoms with Crippen molar-refractivity contribution in [2.45, 2.75) is 25.3 Å². The molecule has 0 unspecified atom stereocenters. The lowest BCUT2D eigenvalue weighted by atomic mass is 10.0. The van der Waals surface area contributed by atoms with E-state index in [0.29, 0.717) is 24.9 Å². The van der Waals surface area contributed by atoms with E-state index in [9.17, 15) is 4.79 Å². The van der Waals surface area contributed by atoms with Crippen molar-refractivity contribution < 1.29 is 9.53 Å². The zero-order chi connectivity index (χ0) is 17.5. The molecular formula is C20H24N4O2. The number of benzene rings is 1. The topological polar surface area (TPSA) is 50.6 Å². The highest BCUT2D eigenvalue weighted by Crippen LogP contribution is 2.28. The molecule has 136 valence electrons. The number of piperidine rings is 1. The Morgan fingerprint density at radius 1 is 1.12 bits per heavy atom. The Bertz CT molecular complexity index is 864. The second kappa shape index (κ2) is 6.52. The first-order chi connectivity index (χ1) is 12.8. The number of ether oxygens (including phenoxy) is 1. The van der Waals surface area contributed by atoms with E-state index in [-0.39, 0.29) is 5.91 Å². The van der Waals surface area contributed by atoms with Crippen LogP contribution in [0.1, 0.15) is 29.8 Å². The molecule has 1 amide bonds. The predicted octanol–water partition coefficient (Wildman–Crippen LogP) is 2.22. The summed E-state index contributed by atoms with van der Waals surface area (Å²) in [5, 5.41) is 5.74.